The van der Waals surface area contributed by atoms with Crippen LogP contribution in [-0.2, 0) is 24.9 Å². The number of carbonyl (C=O) groups is 1. The van der Waals surface area contributed by atoms with Crippen LogP contribution in [0.1, 0.15) is 23.2 Å². The molecule has 5 aromatic rings. The van der Waals surface area contributed by atoms with Crippen molar-refractivity contribution in [1.82, 2.24) is 34.3 Å². The molecule has 1 amide bonds. The molecule has 1 aromatic carbocycles. The molecule has 35 heavy (non-hydrogen) atoms. The number of amides is 1. The highest BCUT2D eigenvalue weighted by atomic mass is 19.3. The zero-order valence-electron chi connectivity index (χ0n) is 19.1. The van der Waals surface area contributed by atoms with Crippen molar-refractivity contribution in [2.75, 3.05) is 5.32 Å². The third-order valence-electron chi connectivity index (χ3n) is 5.55. The second-order valence-electron chi connectivity index (χ2n) is 8.19. The van der Waals surface area contributed by atoms with Gasteiger partial charge in [0.2, 0.25) is 5.91 Å². The Kier molecular flexibility index (Phi) is 5.81. The van der Waals surface area contributed by atoms with Crippen LogP contribution in [0.15, 0.2) is 61.2 Å². The number of nitrogens with one attached hydrogen (secondary N) is 1. The van der Waals surface area contributed by atoms with Crippen molar-refractivity contribution in [1.29, 1.82) is 0 Å². The summed E-state index contributed by atoms with van der Waals surface area (Å²) in [6.45, 7) is 2.02. The van der Waals surface area contributed by atoms with Crippen LogP contribution < -0.4 is 5.32 Å². The molecule has 178 valence electrons. The smallest absolute Gasteiger partial charge is 0.264 e. The summed E-state index contributed by atoms with van der Waals surface area (Å²) in [5.74, 6) is -0.349. The molecule has 0 fully saturated rings. The summed E-state index contributed by atoms with van der Waals surface area (Å²) in [4.78, 5) is 17.4. The Morgan fingerprint density at radius 3 is 2.74 bits per heavy atom. The van der Waals surface area contributed by atoms with Crippen molar-refractivity contribution in [3.8, 4) is 11.3 Å². The van der Waals surface area contributed by atoms with Crippen molar-refractivity contribution < 1.29 is 13.6 Å². The topological polar surface area (TPSA) is 95.5 Å². The van der Waals surface area contributed by atoms with E-state index >= 15 is 0 Å². The fourth-order valence-electron chi connectivity index (χ4n) is 4.04. The van der Waals surface area contributed by atoms with Gasteiger partial charge >= 0.3 is 0 Å². The maximum absolute atomic E-state index is 13.9. The first kappa shape index (κ1) is 22.4. The molecular weight excluding hydrogens is 454 g/mol. The second-order valence-corrected chi connectivity index (χ2v) is 8.19. The lowest BCUT2D eigenvalue weighted by Gasteiger charge is -2.09. The zero-order valence-corrected chi connectivity index (χ0v) is 19.1. The molecule has 9 nitrogen and oxygen atoms in total. The predicted octanol–water partition coefficient (Wildman–Crippen LogP) is 3.96. The first-order chi connectivity index (χ1) is 16.9. The normalized spacial score (nSPS) is 11.5. The highest BCUT2D eigenvalue weighted by Crippen LogP contribution is 2.33. The molecule has 0 aliphatic rings. The van der Waals surface area contributed by atoms with E-state index < -0.39 is 6.43 Å². The molecule has 0 saturated carbocycles. The number of benzene rings is 1. The molecule has 0 unspecified atom stereocenters. The van der Waals surface area contributed by atoms with E-state index in [0.717, 1.165) is 5.56 Å². The van der Waals surface area contributed by atoms with Crippen LogP contribution in [0.4, 0.5) is 14.5 Å². The lowest BCUT2D eigenvalue weighted by atomic mass is 10.1. The highest BCUT2D eigenvalue weighted by Gasteiger charge is 2.22. The molecular formula is C24H22F2N8O. The lowest BCUT2D eigenvalue weighted by molar-refractivity contribution is -0.116. The predicted molar refractivity (Wildman–Crippen MR) is 126 cm³/mol. The summed E-state index contributed by atoms with van der Waals surface area (Å²) < 4.78 is 32.6. The van der Waals surface area contributed by atoms with Gasteiger partial charge in [-0.3, -0.25) is 14.2 Å². The number of aryl methyl sites for hydroxylation is 2. The molecule has 0 radical (unpaired) electrons. The van der Waals surface area contributed by atoms with E-state index in [1.807, 2.05) is 30.5 Å². The molecule has 4 aromatic heterocycles. The first-order valence-electron chi connectivity index (χ1n) is 10.9. The molecule has 0 bridgehead atoms. The average Bonchev–Trinajstić information content (AvgIpc) is 3.55. The minimum Gasteiger partial charge on any atom is -0.324 e. The number of carbonyl (C=O) groups excluding carboxylic acids is 1. The molecule has 0 atom stereocenters. The van der Waals surface area contributed by atoms with Crippen LogP contribution in [0.3, 0.4) is 0 Å². The number of fused-ring (bicyclic) bond motifs is 1. The van der Waals surface area contributed by atoms with Crippen molar-refractivity contribution in [3.63, 3.8) is 0 Å². The summed E-state index contributed by atoms with van der Waals surface area (Å²) in [6, 6.07) is 10.6. The molecule has 5 rings (SSSR count). The maximum atomic E-state index is 13.9. The van der Waals surface area contributed by atoms with Gasteiger partial charge in [-0.15, -0.1) is 0 Å². The van der Waals surface area contributed by atoms with Gasteiger partial charge in [0.25, 0.3) is 6.43 Å². The number of rotatable bonds is 7. The number of hydrogen-bond donors (Lipinski definition) is 1. The van der Waals surface area contributed by atoms with E-state index in [1.54, 1.807) is 48.0 Å². The minimum atomic E-state index is -2.72. The standard InChI is InChI=1S/C24H22F2N8O/c1-15-22-19(23(25)26)10-20(17-11-28-32(2)13-17)30-24(22)34(31-15)14-21(35)29-18-6-3-5-16(9-18)12-33-8-4-7-27-33/h3-11,13,23H,12,14H2,1-2H3,(H,29,35). The van der Waals surface area contributed by atoms with Gasteiger partial charge in [-0.05, 0) is 36.8 Å². The van der Waals surface area contributed by atoms with Crippen LogP contribution in [0.5, 0.6) is 0 Å². The van der Waals surface area contributed by atoms with Crippen molar-refractivity contribution in [2.45, 2.75) is 26.4 Å². The van der Waals surface area contributed by atoms with Gasteiger partial charge in [0.05, 0.1) is 29.5 Å². The van der Waals surface area contributed by atoms with Gasteiger partial charge < -0.3 is 5.32 Å². The van der Waals surface area contributed by atoms with Gasteiger partial charge in [0, 0.05) is 42.5 Å². The zero-order chi connectivity index (χ0) is 24.5. The first-order valence-corrected chi connectivity index (χ1v) is 10.9. The van der Waals surface area contributed by atoms with E-state index in [4.69, 9.17) is 0 Å². The van der Waals surface area contributed by atoms with E-state index in [2.05, 4.69) is 25.6 Å². The van der Waals surface area contributed by atoms with E-state index in [0.29, 0.717) is 29.2 Å². The Morgan fingerprint density at radius 2 is 2.03 bits per heavy atom. The summed E-state index contributed by atoms with van der Waals surface area (Å²) >= 11 is 0. The van der Waals surface area contributed by atoms with E-state index in [1.165, 1.54) is 10.7 Å². The quantitative estimate of drug-likeness (QED) is 0.384. The van der Waals surface area contributed by atoms with Crippen LogP contribution in [0.25, 0.3) is 22.3 Å². The number of pyridine rings is 1. The molecule has 0 spiro atoms. The Hall–Kier alpha value is -4.41. The maximum Gasteiger partial charge on any atom is 0.264 e. The fourth-order valence-corrected chi connectivity index (χ4v) is 4.04. The summed E-state index contributed by atoms with van der Waals surface area (Å²) in [7, 11) is 1.73. The van der Waals surface area contributed by atoms with Crippen molar-refractivity contribution in [3.05, 3.63) is 78.0 Å². The lowest BCUT2D eigenvalue weighted by Crippen LogP contribution is -2.20. The number of hydrogen-bond acceptors (Lipinski definition) is 5. The summed E-state index contributed by atoms with van der Waals surface area (Å²) in [6.07, 6.45) is 4.09. The van der Waals surface area contributed by atoms with E-state index in [9.17, 15) is 13.6 Å². The third kappa shape index (κ3) is 4.65. The second kappa shape index (κ2) is 9.09. The largest absolute Gasteiger partial charge is 0.324 e. The van der Waals surface area contributed by atoms with Gasteiger partial charge in [-0.25, -0.2) is 18.4 Å². The number of anilines is 1. The minimum absolute atomic E-state index is 0.177. The monoisotopic (exact) mass is 476 g/mol. The van der Waals surface area contributed by atoms with Crippen LogP contribution in [0, 0.1) is 6.92 Å². The van der Waals surface area contributed by atoms with E-state index in [-0.39, 0.29) is 29.0 Å². The van der Waals surface area contributed by atoms with Gasteiger partial charge in [-0.2, -0.15) is 15.3 Å². The number of alkyl halides is 2. The number of nitrogens with zero attached hydrogens (tertiary/aromatic N) is 7. The van der Waals surface area contributed by atoms with Gasteiger partial charge in [0.1, 0.15) is 6.54 Å². The SMILES string of the molecule is Cc1nn(CC(=O)Nc2cccc(Cn3cccn3)c2)c2nc(-c3cnn(C)c3)cc(C(F)F)c12. The van der Waals surface area contributed by atoms with Crippen molar-refractivity contribution in [2.24, 2.45) is 7.05 Å². The van der Waals surface area contributed by atoms with Crippen molar-refractivity contribution >= 4 is 22.6 Å². The Balaban J connectivity index is 1.43. The Bertz CT molecular complexity index is 1500. The summed E-state index contributed by atoms with van der Waals surface area (Å²) in [5.41, 5.74) is 2.95. The summed E-state index contributed by atoms with van der Waals surface area (Å²) in [5, 5.41) is 15.7. The van der Waals surface area contributed by atoms with Crippen LogP contribution in [0.2, 0.25) is 0 Å². The fraction of sp³-hybridized carbons (Fsp3) is 0.208. The highest BCUT2D eigenvalue weighted by molar-refractivity contribution is 5.92. The van der Waals surface area contributed by atoms with Gasteiger partial charge in [0.15, 0.2) is 5.65 Å². The molecule has 4 heterocycles. The number of halogens is 2. The Labute approximate surface area is 199 Å². The van der Waals surface area contributed by atoms with Gasteiger partial charge in [-0.1, -0.05) is 12.1 Å². The molecule has 0 aliphatic heterocycles. The third-order valence-corrected chi connectivity index (χ3v) is 5.55. The molecule has 1 N–H and O–H groups in total. The number of aromatic nitrogens is 7. The molecule has 0 saturated heterocycles. The van der Waals surface area contributed by atoms with Crippen LogP contribution >= 0.6 is 0 Å². The molecule has 0 aliphatic carbocycles. The Morgan fingerprint density at radius 1 is 1.17 bits per heavy atom. The van der Waals surface area contributed by atoms with Crippen LogP contribution in [-0.4, -0.2) is 40.2 Å². The molecule has 11 heteroatoms. The average molecular weight is 476 g/mol.